The lowest BCUT2D eigenvalue weighted by atomic mass is 9.97. The molecule has 6 rings (SSSR count). The highest BCUT2D eigenvalue weighted by Gasteiger charge is 2.47. The van der Waals surface area contributed by atoms with E-state index in [1.54, 1.807) is 10.7 Å². The number of hydrogen-bond donors (Lipinski definition) is 1. The fraction of sp³-hybridized carbons (Fsp3) is 0.280. The third-order valence-corrected chi connectivity index (χ3v) is 8.21. The van der Waals surface area contributed by atoms with Gasteiger partial charge in [-0.2, -0.15) is 5.26 Å². The lowest BCUT2D eigenvalue weighted by Crippen LogP contribution is -2.40. The minimum atomic E-state index is -0.585. The van der Waals surface area contributed by atoms with Crippen LogP contribution in [-0.4, -0.2) is 43.9 Å². The predicted octanol–water partition coefficient (Wildman–Crippen LogP) is 4.08. The van der Waals surface area contributed by atoms with Crippen LogP contribution in [0.15, 0.2) is 42.5 Å². The largest absolute Gasteiger partial charge is 0.330 e. The highest BCUT2D eigenvalue weighted by molar-refractivity contribution is 7.18. The van der Waals surface area contributed by atoms with Crippen molar-refractivity contribution in [2.45, 2.75) is 37.4 Å². The number of hydrogen-bond acceptors (Lipinski definition) is 6. The SMILES string of the molecule is Cn1nnc2cc(-c3sc(C(=O)N4[C@H]5CC[C@@H]4[C@H](N)C5)cc3-c3ccc(C#N)c(F)c3)ccc21. The molecule has 3 atom stereocenters. The summed E-state index contributed by atoms with van der Waals surface area (Å²) in [4.78, 5) is 17.0. The van der Waals surface area contributed by atoms with Crippen LogP contribution in [0.5, 0.6) is 0 Å². The molecular formula is C25H21FN6OS. The number of nitrogens with two attached hydrogens (primary N) is 1. The van der Waals surface area contributed by atoms with Gasteiger partial charge >= 0.3 is 0 Å². The molecule has 0 unspecified atom stereocenters. The Kier molecular flexibility index (Phi) is 4.76. The summed E-state index contributed by atoms with van der Waals surface area (Å²) < 4.78 is 16.2. The molecule has 2 aromatic heterocycles. The molecule has 34 heavy (non-hydrogen) atoms. The Morgan fingerprint density at radius 2 is 2.03 bits per heavy atom. The van der Waals surface area contributed by atoms with Gasteiger partial charge in [0.05, 0.1) is 16.0 Å². The zero-order chi connectivity index (χ0) is 23.6. The predicted molar refractivity (Wildman–Crippen MR) is 128 cm³/mol. The summed E-state index contributed by atoms with van der Waals surface area (Å²) in [5, 5.41) is 17.4. The van der Waals surface area contributed by atoms with E-state index in [9.17, 15) is 9.18 Å². The minimum absolute atomic E-state index is 0.0135. The second-order valence-electron chi connectivity index (χ2n) is 8.99. The molecule has 170 valence electrons. The molecule has 2 fully saturated rings. The van der Waals surface area contributed by atoms with E-state index in [1.165, 1.54) is 23.5 Å². The highest BCUT2D eigenvalue weighted by atomic mass is 32.1. The number of aromatic nitrogens is 3. The molecule has 2 aliphatic rings. The van der Waals surface area contributed by atoms with E-state index < -0.39 is 5.82 Å². The summed E-state index contributed by atoms with van der Waals surface area (Å²) in [7, 11) is 1.83. The number of carbonyl (C=O) groups is 1. The molecule has 2 N–H and O–H groups in total. The van der Waals surface area contributed by atoms with E-state index in [2.05, 4.69) is 10.3 Å². The zero-order valence-electron chi connectivity index (χ0n) is 18.4. The van der Waals surface area contributed by atoms with Crippen LogP contribution in [-0.2, 0) is 7.05 Å². The number of thiophene rings is 1. The van der Waals surface area contributed by atoms with Crippen LogP contribution < -0.4 is 5.73 Å². The summed E-state index contributed by atoms with van der Waals surface area (Å²) in [6.07, 6.45) is 2.76. The monoisotopic (exact) mass is 472 g/mol. The van der Waals surface area contributed by atoms with Crippen LogP contribution >= 0.6 is 11.3 Å². The standard InChI is InChI=1S/C25H21FN6OS/c1-31-22-6-4-14(9-20(22)29-30-31)24-17(13-2-3-15(12-27)18(26)8-13)11-23(34-24)25(33)32-16-5-7-21(32)19(28)10-16/h2-4,6,8-9,11,16,19,21H,5,7,10,28H2,1H3/t16-,19+,21+/m0/s1. The lowest BCUT2D eigenvalue weighted by molar-refractivity contribution is 0.0731. The normalized spacial score (nSPS) is 21.4. The summed E-state index contributed by atoms with van der Waals surface area (Å²) in [5.74, 6) is -0.606. The number of rotatable bonds is 3. The van der Waals surface area contributed by atoms with Gasteiger partial charge in [0.25, 0.3) is 5.91 Å². The molecular weight excluding hydrogens is 451 g/mol. The summed E-state index contributed by atoms with van der Waals surface area (Å²) in [6.45, 7) is 0. The molecule has 0 aliphatic carbocycles. The number of nitriles is 1. The highest BCUT2D eigenvalue weighted by Crippen LogP contribution is 2.43. The van der Waals surface area contributed by atoms with E-state index in [-0.39, 0.29) is 29.6 Å². The van der Waals surface area contributed by atoms with E-state index in [4.69, 9.17) is 11.0 Å². The van der Waals surface area contributed by atoms with Crippen molar-refractivity contribution in [2.75, 3.05) is 0 Å². The first-order valence-corrected chi connectivity index (χ1v) is 12.0. The molecule has 2 saturated heterocycles. The van der Waals surface area contributed by atoms with Gasteiger partial charge in [0, 0.05) is 35.6 Å². The smallest absolute Gasteiger partial charge is 0.264 e. The number of carbonyl (C=O) groups excluding carboxylic acids is 1. The van der Waals surface area contributed by atoms with Crippen molar-refractivity contribution in [2.24, 2.45) is 12.8 Å². The quantitative estimate of drug-likeness (QED) is 0.484. The first-order chi connectivity index (χ1) is 16.4. The van der Waals surface area contributed by atoms with Crippen molar-refractivity contribution < 1.29 is 9.18 Å². The van der Waals surface area contributed by atoms with Crippen LogP contribution in [0.3, 0.4) is 0 Å². The Morgan fingerprint density at radius 1 is 1.21 bits per heavy atom. The second kappa shape index (κ2) is 7.72. The first-order valence-electron chi connectivity index (χ1n) is 11.2. The van der Waals surface area contributed by atoms with Crippen molar-refractivity contribution in [1.29, 1.82) is 5.26 Å². The van der Waals surface area contributed by atoms with E-state index in [1.807, 2.05) is 42.3 Å². The van der Waals surface area contributed by atoms with Gasteiger partial charge in [-0.05, 0) is 60.7 Å². The van der Waals surface area contributed by atoms with Gasteiger partial charge in [0.2, 0.25) is 0 Å². The molecule has 2 bridgehead atoms. The fourth-order valence-corrected chi connectivity index (χ4v) is 6.48. The first kappa shape index (κ1) is 21.0. The molecule has 1 amide bonds. The maximum atomic E-state index is 14.5. The Labute approximate surface area is 199 Å². The molecule has 2 aromatic carbocycles. The molecule has 4 aromatic rings. The van der Waals surface area contributed by atoms with Crippen LogP contribution in [0.25, 0.3) is 32.6 Å². The van der Waals surface area contributed by atoms with Gasteiger partial charge in [-0.3, -0.25) is 4.79 Å². The average Bonchev–Trinajstić information content (AvgIpc) is 3.60. The second-order valence-corrected chi connectivity index (χ2v) is 10.0. The molecule has 0 saturated carbocycles. The lowest BCUT2D eigenvalue weighted by Gasteiger charge is -2.22. The molecule has 0 radical (unpaired) electrons. The molecule has 9 heteroatoms. The van der Waals surface area contributed by atoms with E-state index in [0.717, 1.165) is 46.3 Å². The van der Waals surface area contributed by atoms with Crippen LogP contribution in [0, 0.1) is 17.1 Å². The van der Waals surface area contributed by atoms with Gasteiger partial charge in [-0.1, -0.05) is 17.3 Å². The number of fused-ring (bicyclic) bond motifs is 3. The van der Waals surface area contributed by atoms with Gasteiger partial charge in [-0.25, -0.2) is 9.07 Å². The zero-order valence-corrected chi connectivity index (χ0v) is 19.2. The summed E-state index contributed by atoms with van der Waals surface area (Å²) in [5.41, 5.74) is 10.1. The Hall–Kier alpha value is -3.61. The Morgan fingerprint density at radius 3 is 2.74 bits per heavy atom. The molecule has 0 spiro atoms. The fourth-order valence-electron chi connectivity index (χ4n) is 5.36. The maximum Gasteiger partial charge on any atom is 0.264 e. The molecule has 7 nitrogen and oxygen atoms in total. The van der Waals surface area contributed by atoms with Gasteiger partial charge in [0.15, 0.2) is 0 Å². The van der Waals surface area contributed by atoms with Crippen molar-refractivity contribution in [1.82, 2.24) is 19.9 Å². The van der Waals surface area contributed by atoms with Gasteiger partial charge in [0.1, 0.15) is 17.4 Å². The number of nitrogens with zero attached hydrogens (tertiary/aromatic N) is 5. The number of halogens is 1. The minimum Gasteiger partial charge on any atom is -0.330 e. The number of aryl methyl sites for hydroxylation is 1. The average molecular weight is 473 g/mol. The third-order valence-electron chi connectivity index (χ3n) is 7.04. The third kappa shape index (κ3) is 3.14. The topological polar surface area (TPSA) is 101 Å². The number of amides is 1. The molecule has 4 heterocycles. The molecule has 2 aliphatic heterocycles. The Balaban J connectivity index is 1.49. The van der Waals surface area contributed by atoms with Gasteiger partial charge < -0.3 is 10.6 Å². The van der Waals surface area contributed by atoms with E-state index >= 15 is 0 Å². The maximum absolute atomic E-state index is 14.5. The van der Waals surface area contributed by atoms with Gasteiger partial charge in [-0.15, -0.1) is 16.4 Å². The Bertz CT molecular complexity index is 1500. The summed E-state index contributed by atoms with van der Waals surface area (Å²) >= 11 is 1.39. The van der Waals surface area contributed by atoms with Crippen molar-refractivity contribution >= 4 is 28.3 Å². The van der Waals surface area contributed by atoms with Crippen molar-refractivity contribution in [3.05, 3.63) is 58.7 Å². The van der Waals surface area contributed by atoms with Crippen LogP contribution in [0.4, 0.5) is 4.39 Å². The van der Waals surface area contributed by atoms with E-state index in [0.29, 0.717) is 10.4 Å². The van der Waals surface area contributed by atoms with Crippen LogP contribution in [0.1, 0.15) is 34.5 Å². The van der Waals surface area contributed by atoms with Crippen LogP contribution in [0.2, 0.25) is 0 Å². The summed E-state index contributed by atoms with van der Waals surface area (Å²) in [6, 6.07) is 14.4. The van der Waals surface area contributed by atoms with Crippen molar-refractivity contribution in [3.8, 4) is 27.6 Å². The number of benzene rings is 2. The van der Waals surface area contributed by atoms with Crippen molar-refractivity contribution in [3.63, 3.8) is 0 Å².